The van der Waals surface area contributed by atoms with E-state index in [1.165, 1.54) is 0 Å². The summed E-state index contributed by atoms with van der Waals surface area (Å²) in [7, 11) is 3.91. The Kier molecular flexibility index (Phi) is 3.00. The highest BCUT2D eigenvalue weighted by atomic mass is 79.9. The van der Waals surface area contributed by atoms with Crippen molar-refractivity contribution >= 4 is 22.0 Å². The van der Waals surface area contributed by atoms with Crippen molar-refractivity contribution in [1.82, 2.24) is 4.81 Å². The number of nitrogens with zero attached hydrogens (tertiary/aromatic N) is 1. The number of hydrogen-bond donors (Lipinski definition) is 0. The van der Waals surface area contributed by atoms with Gasteiger partial charge in [0.2, 0.25) is 0 Å². The molecule has 0 heterocycles. The summed E-state index contributed by atoms with van der Waals surface area (Å²) in [4.78, 5) is 1.92. The van der Waals surface area contributed by atoms with Gasteiger partial charge in [0, 0.05) is 0 Å². The minimum Gasteiger partial charge on any atom is -0.342 e. The molecule has 0 fully saturated rings. The largest absolute Gasteiger partial charge is 0.342 e. The van der Waals surface area contributed by atoms with E-state index in [1.807, 2.05) is 25.1 Å². The first-order chi connectivity index (χ1) is 2.27. The zero-order chi connectivity index (χ0) is 4.28. The standard InChI is InChI=1S/C2H6BBrN/c1-5(2)3-4/h1-2H3. The van der Waals surface area contributed by atoms with Gasteiger partial charge >= 0.3 is 6.24 Å². The minimum atomic E-state index is 1.81. The molecule has 29 valence electrons. The normalized spacial score (nSPS) is 8.80. The predicted octanol–water partition coefficient (Wildman–Crippen LogP) is 0.477. The van der Waals surface area contributed by atoms with Gasteiger partial charge in [-0.1, -0.05) is 0 Å². The van der Waals surface area contributed by atoms with Crippen LogP contribution in [0.3, 0.4) is 0 Å². The van der Waals surface area contributed by atoms with Gasteiger partial charge in [-0.05, 0) is 14.1 Å². The molecule has 0 aromatic heterocycles. The van der Waals surface area contributed by atoms with Crippen molar-refractivity contribution < 1.29 is 0 Å². The van der Waals surface area contributed by atoms with E-state index in [4.69, 9.17) is 0 Å². The average Bonchev–Trinajstić information content (AvgIpc) is 1.38. The van der Waals surface area contributed by atoms with Crippen LogP contribution in [0.4, 0.5) is 0 Å². The Morgan fingerprint density at radius 3 is 1.80 bits per heavy atom. The smallest absolute Gasteiger partial charge is 0.301 e. The van der Waals surface area contributed by atoms with E-state index in [1.54, 1.807) is 0 Å². The van der Waals surface area contributed by atoms with Gasteiger partial charge in [0.05, 0.1) is 0 Å². The van der Waals surface area contributed by atoms with Crippen LogP contribution in [0.25, 0.3) is 0 Å². The molecular weight excluding hydrogens is 129 g/mol. The second-order valence-electron chi connectivity index (χ2n) is 1.06. The Morgan fingerprint density at radius 2 is 1.80 bits per heavy atom. The molecule has 1 nitrogen and oxygen atoms in total. The zero-order valence-electron chi connectivity index (χ0n) is 3.40. The van der Waals surface area contributed by atoms with Crippen LogP contribution in [-0.4, -0.2) is 25.1 Å². The van der Waals surface area contributed by atoms with Crippen LogP contribution in [0.2, 0.25) is 0 Å². The van der Waals surface area contributed by atoms with Crippen molar-refractivity contribution in [2.75, 3.05) is 14.1 Å². The lowest BCUT2D eigenvalue weighted by molar-refractivity contribution is 0.675. The molecule has 0 saturated heterocycles. The topological polar surface area (TPSA) is 3.24 Å². The maximum Gasteiger partial charge on any atom is 0.301 e. The second kappa shape index (κ2) is 2.73. The Balaban J connectivity index is 2.54. The van der Waals surface area contributed by atoms with Crippen LogP contribution in [0.1, 0.15) is 0 Å². The predicted molar refractivity (Wildman–Crippen MR) is 28.4 cm³/mol. The van der Waals surface area contributed by atoms with Crippen LogP contribution in [-0.2, 0) is 0 Å². The van der Waals surface area contributed by atoms with Crippen molar-refractivity contribution in [2.45, 2.75) is 0 Å². The van der Waals surface area contributed by atoms with Gasteiger partial charge in [0.25, 0.3) is 0 Å². The summed E-state index contributed by atoms with van der Waals surface area (Å²) >= 11 is 3.11. The monoisotopic (exact) mass is 134 g/mol. The van der Waals surface area contributed by atoms with Gasteiger partial charge in [-0.15, -0.1) is 15.8 Å². The third-order valence-corrected chi connectivity index (χ3v) is 1.01. The summed E-state index contributed by atoms with van der Waals surface area (Å²) in [6.07, 6.45) is 1.81. The van der Waals surface area contributed by atoms with Gasteiger partial charge < -0.3 is 4.81 Å². The molecule has 0 saturated carbocycles. The van der Waals surface area contributed by atoms with Gasteiger partial charge in [-0.25, -0.2) is 0 Å². The molecule has 1 radical (unpaired) electrons. The van der Waals surface area contributed by atoms with Gasteiger partial charge in [0.1, 0.15) is 0 Å². The van der Waals surface area contributed by atoms with Crippen molar-refractivity contribution in [3.05, 3.63) is 0 Å². The lowest BCUT2D eigenvalue weighted by Crippen LogP contribution is -2.10. The fourth-order valence-corrected chi connectivity index (χ4v) is 0. The summed E-state index contributed by atoms with van der Waals surface area (Å²) in [5, 5.41) is 0. The Bertz CT molecular complexity index is 23.6. The van der Waals surface area contributed by atoms with Crippen molar-refractivity contribution in [3.8, 4) is 0 Å². The first-order valence-electron chi connectivity index (χ1n) is 1.37. The number of halogens is 1. The van der Waals surface area contributed by atoms with Crippen molar-refractivity contribution in [2.24, 2.45) is 0 Å². The van der Waals surface area contributed by atoms with Gasteiger partial charge in [-0.2, -0.15) is 0 Å². The van der Waals surface area contributed by atoms with Gasteiger partial charge in [-0.3, -0.25) is 0 Å². The van der Waals surface area contributed by atoms with E-state index < -0.39 is 0 Å². The van der Waals surface area contributed by atoms with E-state index in [2.05, 4.69) is 15.8 Å². The molecule has 0 bridgehead atoms. The molecule has 0 aromatic carbocycles. The molecule has 5 heavy (non-hydrogen) atoms. The second-order valence-corrected chi connectivity index (χ2v) is 1.47. The van der Waals surface area contributed by atoms with E-state index >= 15 is 0 Å². The number of rotatable bonds is 1. The Labute approximate surface area is 41.6 Å². The molecule has 0 atom stereocenters. The lowest BCUT2D eigenvalue weighted by atomic mass is 10.4. The quantitative estimate of drug-likeness (QED) is 0.472. The first kappa shape index (κ1) is 5.50. The minimum absolute atomic E-state index is 1.81. The number of hydrogen-bond acceptors (Lipinski definition) is 1. The van der Waals surface area contributed by atoms with Crippen LogP contribution >= 0.6 is 15.8 Å². The Hall–Kier alpha value is 0.505. The van der Waals surface area contributed by atoms with E-state index in [9.17, 15) is 0 Å². The van der Waals surface area contributed by atoms with Crippen LogP contribution in [0.15, 0.2) is 0 Å². The maximum absolute atomic E-state index is 3.11. The summed E-state index contributed by atoms with van der Waals surface area (Å²) in [6.45, 7) is 0. The average molecular weight is 135 g/mol. The van der Waals surface area contributed by atoms with E-state index in [-0.39, 0.29) is 0 Å². The molecule has 0 aliphatic heterocycles. The molecular formula is C2H6BBrN. The highest BCUT2D eigenvalue weighted by Crippen LogP contribution is 1.73. The fourth-order valence-electron chi connectivity index (χ4n) is 0. The summed E-state index contributed by atoms with van der Waals surface area (Å²) < 4.78 is 0. The molecule has 0 N–H and O–H groups in total. The van der Waals surface area contributed by atoms with Crippen LogP contribution in [0.5, 0.6) is 0 Å². The summed E-state index contributed by atoms with van der Waals surface area (Å²) in [5.74, 6) is 0. The fraction of sp³-hybridized carbons (Fsp3) is 1.00. The summed E-state index contributed by atoms with van der Waals surface area (Å²) in [6, 6.07) is 0. The van der Waals surface area contributed by atoms with Gasteiger partial charge in [0.15, 0.2) is 0 Å². The first-order valence-corrected chi connectivity index (χ1v) is 2.29. The molecule has 0 spiro atoms. The summed E-state index contributed by atoms with van der Waals surface area (Å²) in [5.41, 5.74) is 0. The molecule has 0 aliphatic rings. The highest BCUT2D eigenvalue weighted by Gasteiger charge is 1.79. The van der Waals surface area contributed by atoms with Crippen LogP contribution < -0.4 is 0 Å². The highest BCUT2D eigenvalue weighted by molar-refractivity contribution is 9.23. The van der Waals surface area contributed by atoms with Crippen molar-refractivity contribution in [3.63, 3.8) is 0 Å². The maximum atomic E-state index is 3.11. The van der Waals surface area contributed by atoms with Crippen LogP contribution in [0, 0.1) is 0 Å². The van der Waals surface area contributed by atoms with E-state index in [0.29, 0.717) is 0 Å². The third kappa shape index (κ3) is 4.50. The SMILES string of the molecule is CN(C)[B]Br. The molecule has 0 aliphatic carbocycles. The Morgan fingerprint density at radius 1 is 1.60 bits per heavy atom. The molecule has 0 aromatic rings. The molecule has 0 unspecified atom stereocenters. The lowest BCUT2D eigenvalue weighted by Gasteiger charge is -1.96. The van der Waals surface area contributed by atoms with E-state index in [0.717, 1.165) is 0 Å². The van der Waals surface area contributed by atoms with Crippen molar-refractivity contribution in [1.29, 1.82) is 0 Å². The molecule has 0 amide bonds. The zero-order valence-corrected chi connectivity index (χ0v) is 4.99. The molecule has 3 heteroatoms. The third-order valence-electron chi connectivity index (χ3n) is 0.195. The molecule has 0 rings (SSSR count).